The highest BCUT2D eigenvalue weighted by molar-refractivity contribution is 7.99. The van der Waals surface area contributed by atoms with E-state index in [0.29, 0.717) is 12.1 Å². The fraction of sp³-hybridized carbons (Fsp3) is 0.667. The molecule has 1 atom stereocenters. The van der Waals surface area contributed by atoms with Crippen LogP contribution in [0.5, 0.6) is 5.75 Å². The van der Waals surface area contributed by atoms with Gasteiger partial charge in [-0.15, -0.1) is 0 Å². The maximum absolute atomic E-state index is 6.02. The predicted octanol–water partition coefficient (Wildman–Crippen LogP) is 4.04. The Balaban J connectivity index is 1.85. The second-order valence-electron chi connectivity index (χ2n) is 6.57. The molecule has 1 aliphatic heterocycles. The van der Waals surface area contributed by atoms with Gasteiger partial charge in [0.05, 0.1) is 13.2 Å². The Labute approximate surface area is 139 Å². The molecule has 4 heteroatoms. The van der Waals surface area contributed by atoms with Gasteiger partial charge in [0.15, 0.2) is 0 Å². The van der Waals surface area contributed by atoms with Gasteiger partial charge in [0.25, 0.3) is 0 Å². The van der Waals surface area contributed by atoms with Crippen LogP contribution in [0, 0.1) is 0 Å². The van der Waals surface area contributed by atoms with Crippen LogP contribution in [0.4, 0.5) is 0 Å². The summed E-state index contributed by atoms with van der Waals surface area (Å²) in [7, 11) is 0. The summed E-state index contributed by atoms with van der Waals surface area (Å²) in [6, 6.07) is 8.85. The number of rotatable bonds is 7. The molecule has 1 aromatic rings. The van der Waals surface area contributed by atoms with Crippen LogP contribution in [0.1, 0.15) is 45.2 Å². The van der Waals surface area contributed by atoms with Gasteiger partial charge in [-0.3, -0.25) is 0 Å². The van der Waals surface area contributed by atoms with Crippen molar-refractivity contribution in [2.24, 2.45) is 0 Å². The number of thioether (sulfide) groups is 1. The Morgan fingerprint density at radius 3 is 2.50 bits per heavy atom. The van der Waals surface area contributed by atoms with Gasteiger partial charge >= 0.3 is 0 Å². The summed E-state index contributed by atoms with van der Waals surface area (Å²) in [5.74, 6) is 0.965. The molecule has 1 N–H and O–H groups in total. The van der Waals surface area contributed by atoms with E-state index in [9.17, 15) is 0 Å². The fourth-order valence-electron chi connectivity index (χ4n) is 2.41. The first-order chi connectivity index (χ1) is 10.5. The summed E-state index contributed by atoms with van der Waals surface area (Å²) in [5, 5.41) is 3.61. The molecule has 3 nitrogen and oxygen atoms in total. The molecule has 1 saturated heterocycles. The third-order valence-corrected chi connectivity index (χ3v) is 5.49. The zero-order chi connectivity index (χ0) is 16.0. The van der Waals surface area contributed by atoms with Crippen molar-refractivity contribution in [1.29, 1.82) is 0 Å². The predicted molar refractivity (Wildman–Crippen MR) is 94.9 cm³/mol. The van der Waals surface area contributed by atoms with E-state index in [1.807, 2.05) is 11.8 Å². The van der Waals surface area contributed by atoms with Crippen LogP contribution in [0.15, 0.2) is 24.3 Å². The van der Waals surface area contributed by atoms with Crippen molar-refractivity contribution in [3.05, 3.63) is 29.8 Å². The molecular weight excluding hydrogens is 294 g/mol. The fourth-order valence-corrected chi connectivity index (χ4v) is 2.64. The van der Waals surface area contributed by atoms with Crippen LogP contribution in [0.2, 0.25) is 0 Å². The molecule has 124 valence electrons. The highest BCUT2D eigenvalue weighted by Crippen LogP contribution is 2.23. The molecule has 0 unspecified atom stereocenters. The van der Waals surface area contributed by atoms with Gasteiger partial charge in [0, 0.05) is 30.2 Å². The minimum atomic E-state index is 0.264. The normalized spacial score (nSPS) is 18.2. The van der Waals surface area contributed by atoms with E-state index < -0.39 is 0 Å². The van der Waals surface area contributed by atoms with E-state index in [-0.39, 0.29) is 4.75 Å². The molecule has 22 heavy (non-hydrogen) atoms. The van der Waals surface area contributed by atoms with Gasteiger partial charge in [0.1, 0.15) is 11.9 Å². The van der Waals surface area contributed by atoms with Gasteiger partial charge in [0.2, 0.25) is 0 Å². The topological polar surface area (TPSA) is 30.5 Å². The number of benzene rings is 1. The smallest absolute Gasteiger partial charge is 0.119 e. The minimum Gasteiger partial charge on any atom is -0.490 e. The van der Waals surface area contributed by atoms with Crippen LogP contribution in [-0.4, -0.2) is 36.9 Å². The Morgan fingerprint density at radius 2 is 1.91 bits per heavy atom. The molecule has 1 fully saturated rings. The average Bonchev–Trinajstić information content (AvgIpc) is 2.54. The highest BCUT2D eigenvalue weighted by atomic mass is 32.2. The molecular formula is C18H29NO2S. The summed E-state index contributed by atoms with van der Waals surface area (Å²) in [6.45, 7) is 9.37. The van der Waals surface area contributed by atoms with Crippen molar-refractivity contribution in [3.8, 4) is 5.75 Å². The summed E-state index contributed by atoms with van der Waals surface area (Å²) in [6.07, 6.45) is 4.44. The first-order valence-electron chi connectivity index (χ1n) is 8.13. The Morgan fingerprint density at radius 1 is 1.27 bits per heavy atom. The maximum atomic E-state index is 6.02. The van der Waals surface area contributed by atoms with Crippen LogP contribution in [-0.2, 0) is 4.74 Å². The van der Waals surface area contributed by atoms with Crippen molar-refractivity contribution in [1.82, 2.24) is 5.32 Å². The standard InChI is InChI=1S/C18H29NO2S/c1-14(19-13-18(2,3)22-4)15-5-7-16(8-6-15)21-17-9-11-20-12-10-17/h5-8,14,17,19H,9-13H2,1-4H3/t14-/m0/s1. The third kappa shape index (κ3) is 5.49. The van der Waals surface area contributed by atoms with Gasteiger partial charge in [-0.2, -0.15) is 11.8 Å². The summed E-state index contributed by atoms with van der Waals surface area (Å²) >= 11 is 1.89. The van der Waals surface area contributed by atoms with E-state index in [1.165, 1.54) is 5.56 Å². The van der Waals surface area contributed by atoms with E-state index in [2.05, 4.69) is 56.6 Å². The van der Waals surface area contributed by atoms with E-state index in [1.54, 1.807) is 0 Å². The molecule has 1 heterocycles. The number of ether oxygens (including phenoxy) is 2. The van der Waals surface area contributed by atoms with E-state index in [4.69, 9.17) is 9.47 Å². The summed E-state index contributed by atoms with van der Waals surface area (Å²) < 4.78 is 11.6. The maximum Gasteiger partial charge on any atom is 0.119 e. The SMILES string of the molecule is CSC(C)(C)CN[C@@H](C)c1ccc(OC2CCOCC2)cc1. The van der Waals surface area contributed by atoms with E-state index in [0.717, 1.165) is 38.3 Å². The molecule has 0 saturated carbocycles. The molecule has 0 radical (unpaired) electrons. The first-order valence-corrected chi connectivity index (χ1v) is 9.35. The Hall–Kier alpha value is -0.710. The second kappa shape index (κ2) is 8.23. The van der Waals surface area contributed by atoms with Crippen LogP contribution in [0.25, 0.3) is 0 Å². The molecule has 2 rings (SSSR count). The van der Waals surface area contributed by atoms with Crippen molar-refractivity contribution in [3.63, 3.8) is 0 Å². The van der Waals surface area contributed by atoms with Crippen LogP contribution < -0.4 is 10.1 Å². The lowest BCUT2D eigenvalue weighted by Gasteiger charge is -2.26. The minimum absolute atomic E-state index is 0.264. The van der Waals surface area contributed by atoms with Crippen molar-refractivity contribution in [2.45, 2.75) is 50.5 Å². The van der Waals surface area contributed by atoms with Gasteiger partial charge in [-0.25, -0.2) is 0 Å². The van der Waals surface area contributed by atoms with Gasteiger partial charge in [-0.1, -0.05) is 12.1 Å². The molecule has 0 bridgehead atoms. The van der Waals surface area contributed by atoms with Gasteiger partial charge in [-0.05, 0) is 44.7 Å². The zero-order valence-corrected chi connectivity index (χ0v) is 15.0. The average molecular weight is 324 g/mol. The summed E-state index contributed by atoms with van der Waals surface area (Å²) in [4.78, 5) is 0. The third-order valence-electron chi connectivity index (χ3n) is 4.24. The lowest BCUT2D eigenvalue weighted by atomic mass is 10.1. The largest absolute Gasteiger partial charge is 0.490 e. The van der Waals surface area contributed by atoms with Crippen molar-refractivity contribution < 1.29 is 9.47 Å². The lowest BCUT2D eigenvalue weighted by molar-refractivity contribution is 0.0255. The molecule has 1 aliphatic rings. The van der Waals surface area contributed by atoms with Crippen LogP contribution in [0.3, 0.4) is 0 Å². The molecule has 0 spiro atoms. The quantitative estimate of drug-likeness (QED) is 0.820. The van der Waals surface area contributed by atoms with Crippen molar-refractivity contribution >= 4 is 11.8 Å². The highest BCUT2D eigenvalue weighted by Gasteiger charge is 2.18. The van der Waals surface area contributed by atoms with Crippen LogP contribution >= 0.6 is 11.8 Å². The zero-order valence-electron chi connectivity index (χ0n) is 14.2. The molecule has 0 aromatic heterocycles. The monoisotopic (exact) mass is 323 g/mol. The molecule has 0 amide bonds. The number of hydrogen-bond donors (Lipinski definition) is 1. The molecule has 0 aliphatic carbocycles. The van der Waals surface area contributed by atoms with E-state index >= 15 is 0 Å². The molecule has 1 aromatic carbocycles. The summed E-state index contributed by atoms with van der Waals surface area (Å²) in [5.41, 5.74) is 1.30. The number of hydrogen-bond acceptors (Lipinski definition) is 4. The first kappa shape index (κ1) is 17.6. The second-order valence-corrected chi connectivity index (χ2v) is 8.08. The Bertz CT molecular complexity index is 441. The van der Waals surface area contributed by atoms with Crippen molar-refractivity contribution in [2.75, 3.05) is 26.0 Å². The Kier molecular flexibility index (Phi) is 6.60. The lowest BCUT2D eigenvalue weighted by Crippen LogP contribution is -2.33. The number of nitrogens with one attached hydrogen (secondary N) is 1. The van der Waals surface area contributed by atoms with Gasteiger partial charge < -0.3 is 14.8 Å².